The van der Waals surface area contributed by atoms with E-state index >= 15 is 0 Å². The van der Waals surface area contributed by atoms with Crippen molar-refractivity contribution in [2.24, 2.45) is 0 Å². The van der Waals surface area contributed by atoms with Crippen molar-refractivity contribution in [3.63, 3.8) is 0 Å². The van der Waals surface area contributed by atoms with Gasteiger partial charge in [0.1, 0.15) is 0 Å². The number of hydrogen-bond donors (Lipinski definition) is 1. The molecule has 1 aromatic rings. The Labute approximate surface area is 103 Å². The van der Waals surface area contributed by atoms with Crippen molar-refractivity contribution in [2.45, 2.75) is 24.3 Å². The van der Waals surface area contributed by atoms with Crippen LogP contribution in [0.1, 0.15) is 24.9 Å². The maximum absolute atomic E-state index is 5.24. The Morgan fingerprint density at radius 2 is 2.00 bits per heavy atom. The number of ether oxygens (including phenoxy) is 1. The minimum absolute atomic E-state index is 0.306. The highest BCUT2D eigenvalue weighted by Crippen LogP contribution is 2.19. The van der Waals surface area contributed by atoms with Crippen LogP contribution >= 0.6 is 11.8 Å². The molecule has 2 nitrogen and oxygen atoms in total. The number of hydrogen-bond acceptors (Lipinski definition) is 3. The Morgan fingerprint density at radius 1 is 1.31 bits per heavy atom. The van der Waals surface area contributed by atoms with Gasteiger partial charge in [-0.1, -0.05) is 19.1 Å². The molecule has 0 heterocycles. The molecule has 1 rings (SSSR count). The van der Waals surface area contributed by atoms with Gasteiger partial charge >= 0.3 is 0 Å². The summed E-state index contributed by atoms with van der Waals surface area (Å²) in [5.41, 5.74) is 1.30. The molecule has 1 atom stereocenters. The molecule has 16 heavy (non-hydrogen) atoms. The van der Waals surface area contributed by atoms with Gasteiger partial charge in [-0.25, -0.2) is 0 Å². The molecule has 0 aliphatic carbocycles. The van der Waals surface area contributed by atoms with Crippen LogP contribution in [0.5, 0.6) is 0 Å². The van der Waals surface area contributed by atoms with Crippen molar-refractivity contribution in [3.8, 4) is 0 Å². The van der Waals surface area contributed by atoms with Crippen molar-refractivity contribution in [1.29, 1.82) is 0 Å². The molecule has 3 heteroatoms. The van der Waals surface area contributed by atoms with E-state index in [-0.39, 0.29) is 0 Å². The highest BCUT2D eigenvalue weighted by atomic mass is 32.2. The predicted molar refractivity (Wildman–Crippen MR) is 71.1 cm³/mol. The van der Waals surface area contributed by atoms with E-state index in [1.54, 1.807) is 18.9 Å². The predicted octanol–water partition coefficient (Wildman–Crippen LogP) is 3.10. The molecule has 0 aromatic heterocycles. The molecular formula is C13H21NOS. The Balaban J connectivity index is 2.67. The third-order valence-electron chi connectivity index (χ3n) is 2.49. The van der Waals surface area contributed by atoms with Gasteiger partial charge in [-0.2, -0.15) is 0 Å². The van der Waals surface area contributed by atoms with Crippen LogP contribution in [0.25, 0.3) is 0 Å². The van der Waals surface area contributed by atoms with Gasteiger partial charge in [0.15, 0.2) is 0 Å². The fourth-order valence-electron chi connectivity index (χ4n) is 1.59. The fourth-order valence-corrected chi connectivity index (χ4v) is 2.00. The smallest absolute Gasteiger partial charge is 0.0657 e. The summed E-state index contributed by atoms with van der Waals surface area (Å²) in [6, 6.07) is 8.99. The van der Waals surface area contributed by atoms with Crippen molar-refractivity contribution < 1.29 is 4.74 Å². The highest BCUT2D eigenvalue weighted by molar-refractivity contribution is 7.98. The van der Waals surface area contributed by atoms with Crippen LogP contribution in [0, 0.1) is 0 Å². The minimum atomic E-state index is 0.306. The first-order valence-corrected chi connectivity index (χ1v) is 6.90. The van der Waals surface area contributed by atoms with E-state index in [2.05, 4.69) is 42.8 Å². The van der Waals surface area contributed by atoms with Crippen molar-refractivity contribution in [1.82, 2.24) is 5.32 Å². The normalized spacial score (nSPS) is 12.7. The van der Waals surface area contributed by atoms with Crippen LogP contribution < -0.4 is 5.32 Å². The minimum Gasteiger partial charge on any atom is -0.383 e. The molecule has 1 aromatic carbocycles. The van der Waals surface area contributed by atoms with Crippen LogP contribution in [0.3, 0.4) is 0 Å². The third-order valence-corrected chi connectivity index (χ3v) is 3.24. The summed E-state index contributed by atoms with van der Waals surface area (Å²) in [7, 11) is 1.75. The second kappa shape index (κ2) is 7.71. The van der Waals surface area contributed by atoms with Crippen LogP contribution in [-0.2, 0) is 4.74 Å². The first kappa shape index (κ1) is 13.6. The fraction of sp³-hybridized carbons (Fsp3) is 0.538. The van der Waals surface area contributed by atoms with Crippen LogP contribution in [-0.4, -0.2) is 26.5 Å². The molecule has 1 N–H and O–H groups in total. The molecule has 0 spiro atoms. The van der Waals surface area contributed by atoms with Crippen molar-refractivity contribution >= 4 is 11.8 Å². The maximum atomic E-state index is 5.24. The van der Waals surface area contributed by atoms with E-state index in [0.717, 1.165) is 19.6 Å². The average Bonchev–Trinajstić information content (AvgIpc) is 2.35. The zero-order chi connectivity index (χ0) is 11.8. The van der Waals surface area contributed by atoms with Crippen LogP contribution in [0.15, 0.2) is 29.2 Å². The lowest BCUT2D eigenvalue weighted by atomic mass is 10.1. The third kappa shape index (κ3) is 4.16. The summed E-state index contributed by atoms with van der Waals surface area (Å²) in [6.45, 7) is 3.92. The number of nitrogens with one attached hydrogen (secondary N) is 1. The lowest BCUT2D eigenvalue weighted by molar-refractivity contribution is 0.167. The van der Waals surface area contributed by atoms with Crippen LogP contribution in [0.2, 0.25) is 0 Å². The van der Waals surface area contributed by atoms with E-state index in [9.17, 15) is 0 Å². The zero-order valence-electron chi connectivity index (χ0n) is 10.3. The molecular weight excluding hydrogens is 218 g/mol. The first-order chi connectivity index (χ1) is 7.81. The Kier molecular flexibility index (Phi) is 6.53. The van der Waals surface area contributed by atoms with Crippen LogP contribution in [0.4, 0.5) is 0 Å². The Bertz CT molecular complexity index is 286. The standard InChI is InChI=1S/C13H21NOS/c1-4-9-14-13(10-15-2)11-5-7-12(16-3)8-6-11/h5-8,13-14H,4,9-10H2,1-3H3. The number of methoxy groups -OCH3 is 1. The van der Waals surface area contributed by atoms with Crippen molar-refractivity contribution in [3.05, 3.63) is 29.8 Å². The summed E-state index contributed by atoms with van der Waals surface area (Å²) >= 11 is 1.77. The van der Waals surface area contributed by atoms with Gasteiger partial charge in [0.2, 0.25) is 0 Å². The van der Waals surface area contributed by atoms with Gasteiger partial charge in [0.05, 0.1) is 12.6 Å². The molecule has 0 amide bonds. The van der Waals surface area contributed by atoms with Gasteiger partial charge in [0, 0.05) is 12.0 Å². The van der Waals surface area contributed by atoms with E-state index in [4.69, 9.17) is 4.74 Å². The molecule has 90 valence electrons. The Morgan fingerprint density at radius 3 is 2.50 bits per heavy atom. The molecule has 0 saturated carbocycles. The average molecular weight is 239 g/mol. The zero-order valence-corrected chi connectivity index (χ0v) is 11.1. The van der Waals surface area contributed by atoms with E-state index in [1.807, 2.05) is 0 Å². The summed E-state index contributed by atoms with van der Waals surface area (Å²) in [6.07, 6.45) is 3.24. The summed E-state index contributed by atoms with van der Waals surface area (Å²) in [5, 5.41) is 3.49. The quantitative estimate of drug-likeness (QED) is 0.739. The molecule has 0 aliphatic rings. The molecule has 0 radical (unpaired) electrons. The SMILES string of the molecule is CCCNC(COC)c1ccc(SC)cc1. The van der Waals surface area contributed by atoms with Gasteiger partial charge in [0.25, 0.3) is 0 Å². The van der Waals surface area contributed by atoms with Gasteiger partial charge in [-0.15, -0.1) is 11.8 Å². The molecule has 1 unspecified atom stereocenters. The lowest BCUT2D eigenvalue weighted by Crippen LogP contribution is -2.25. The molecule has 0 aliphatic heterocycles. The monoisotopic (exact) mass is 239 g/mol. The molecule has 0 bridgehead atoms. The van der Waals surface area contributed by atoms with Gasteiger partial charge in [-0.3, -0.25) is 0 Å². The lowest BCUT2D eigenvalue weighted by Gasteiger charge is -2.18. The number of thioether (sulfide) groups is 1. The summed E-state index contributed by atoms with van der Waals surface area (Å²) in [5.74, 6) is 0. The van der Waals surface area contributed by atoms with E-state index < -0.39 is 0 Å². The second-order valence-corrected chi connectivity index (χ2v) is 4.61. The van der Waals surface area contributed by atoms with Gasteiger partial charge < -0.3 is 10.1 Å². The summed E-state index contributed by atoms with van der Waals surface area (Å²) < 4.78 is 5.24. The molecule has 0 fully saturated rings. The molecule has 0 saturated heterocycles. The largest absolute Gasteiger partial charge is 0.383 e. The Hall–Kier alpha value is -0.510. The van der Waals surface area contributed by atoms with E-state index in [1.165, 1.54) is 10.5 Å². The topological polar surface area (TPSA) is 21.3 Å². The van der Waals surface area contributed by atoms with Gasteiger partial charge in [-0.05, 0) is 36.9 Å². The highest BCUT2D eigenvalue weighted by Gasteiger charge is 2.09. The number of benzene rings is 1. The second-order valence-electron chi connectivity index (χ2n) is 3.74. The van der Waals surface area contributed by atoms with Crippen molar-refractivity contribution in [2.75, 3.05) is 26.5 Å². The first-order valence-electron chi connectivity index (χ1n) is 5.68. The van der Waals surface area contributed by atoms with E-state index in [0.29, 0.717) is 6.04 Å². The summed E-state index contributed by atoms with van der Waals surface area (Å²) in [4.78, 5) is 1.30. The maximum Gasteiger partial charge on any atom is 0.0657 e. The number of rotatable bonds is 7.